The minimum atomic E-state index is -3.67. The Balaban J connectivity index is 2.50. The number of hydrogen-bond donors (Lipinski definition) is 2. The minimum Gasteiger partial charge on any atom is -0.372 e. The van der Waals surface area contributed by atoms with E-state index in [1.807, 2.05) is 0 Å². The second-order valence-electron chi connectivity index (χ2n) is 7.56. The van der Waals surface area contributed by atoms with Crippen molar-refractivity contribution in [2.75, 3.05) is 34.7 Å². The van der Waals surface area contributed by atoms with Crippen LogP contribution < -0.4 is 5.73 Å². The molecule has 0 aliphatic heterocycles. The molecule has 0 fully saturated rings. The van der Waals surface area contributed by atoms with Crippen molar-refractivity contribution in [3.8, 4) is 0 Å². The van der Waals surface area contributed by atoms with Gasteiger partial charge in [-0.1, -0.05) is 17.7 Å². The molecule has 172 valence electrons. The molecule has 0 aliphatic carbocycles. The summed E-state index contributed by atoms with van der Waals surface area (Å²) < 4.78 is 41.4. The van der Waals surface area contributed by atoms with Crippen molar-refractivity contribution in [3.05, 3.63) is 57.6 Å². The van der Waals surface area contributed by atoms with E-state index in [1.54, 1.807) is 38.1 Å². The first-order valence-corrected chi connectivity index (χ1v) is 11.4. The van der Waals surface area contributed by atoms with Crippen molar-refractivity contribution in [2.24, 2.45) is 5.73 Å². The van der Waals surface area contributed by atoms with E-state index >= 15 is 0 Å². The van der Waals surface area contributed by atoms with Gasteiger partial charge in [-0.2, -0.15) is 5.10 Å². The Morgan fingerprint density at radius 1 is 1.35 bits per heavy atom. The maximum atomic E-state index is 14.1. The monoisotopic (exact) mass is 473 g/mol. The number of aliphatic hydroxyl groups excluding tert-OH is 1. The zero-order chi connectivity index (χ0) is 23.5. The number of sulfonamides is 1. The molecule has 0 saturated carbocycles. The van der Waals surface area contributed by atoms with Gasteiger partial charge < -0.3 is 10.8 Å². The molecule has 1 heterocycles. The highest BCUT2D eigenvalue weighted by Crippen LogP contribution is 2.29. The van der Waals surface area contributed by atoms with Gasteiger partial charge in [0, 0.05) is 32.6 Å². The molecule has 0 radical (unpaired) electrons. The van der Waals surface area contributed by atoms with Crippen LogP contribution in [-0.4, -0.2) is 67.2 Å². The van der Waals surface area contributed by atoms with Crippen LogP contribution in [0.15, 0.2) is 35.0 Å². The average Bonchev–Trinajstić information content (AvgIpc) is 2.95. The number of aliphatic hydroxyl groups is 1. The van der Waals surface area contributed by atoms with Crippen LogP contribution in [-0.2, 0) is 23.0 Å². The van der Waals surface area contributed by atoms with Crippen LogP contribution in [0.5, 0.6) is 0 Å². The van der Waals surface area contributed by atoms with Gasteiger partial charge in [-0.3, -0.25) is 9.58 Å². The summed E-state index contributed by atoms with van der Waals surface area (Å²) in [4.78, 5) is 1.60. The Bertz CT molecular complexity index is 1070. The molecule has 0 aliphatic rings. The van der Waals surface area contributed by atoms with Crippen molar-refractivity contribution in [1.29, 1.82) is 0 Å². The fourth-order valence-corrected chi connectivity index (χ4v) is 4.54. The second-order valence-corrected chi connectivity index (χ2v) is 10.1. The maximum Gasteiger partial charge on any atom is 0.244 e. The molecule has 1 aromatic heterocycles. The smallest absolute Gasteiger partial charge is 0.244 e. The lowest BCUT2D eigenvalue weighted by atomic mass is 10.0. The Morgan fingerprint density at radius 2 is 2.00 bits per heavy atom. The predicted molar refractivity (Wildman–Crippen MR) is 119 cm³/mol. The van der Waals surface area contributed by atoms with Crippen LogP contribution in [0.1, 0.15) is 28.7 Å². The number of rotatable bonds is 9. The quantitative estimate of drug-likeness (QED) is 0.540. The summed E-state index contributed by atoms with van der Waals surface area (Å²) in [6, 6.07) is 4.70. The average molecular weight is 474 g/mol. The summed E-state index contributed by atoms with van der Waals surface area (Å²) in [6.07, 6.45) is 0.563. The van der Waals surface area contributed by atoms with E-state index in [2.05, 4.69) is 5.10 Å². The largest absolute Gasteiger partial charge is 0.372 e. The molecular formula is C20H29ClFN5O3S. The van der Waals surface area contributed by atoms with Gasteiger partial charge in [0.15, 0.2) is 0 Å². The first-order chi connectivity index (χ1) is 14.4. The van der Waals surface area contributed by atoms with Gasteiger partial charge in [-0.25, -0.2) is 17.1 Å². The molecule has 2 aromatic rings. The van der Waals surface area contributed by atoms with Crippen molar-refractivity contribution in [1.82, 2.24) is 19.0 Å². The number of aryl methyl sites for hydroxylation is 1. The number of nitrogens with two attached hydrogens (primary N) is 1. The van der Waals surface area contributed by atoms with Crippen molar-refractivity contribution in [3.63, 3.8) is 0 Å². The van der Waals surface area contributed by atoms with Gasteiger partial charge in [0.2, 0.25) is 10.0 Å². The standard InChI is InChI=1S/C20H29ClFN5O3S/c1-13-16(10-14-6-7-18(17(21)11-14)31(29,30)26(4)5)19(20(28)25(2)3)27(24-13)12-15(22)8-9-23/h6-8,11,20,28H,9-10,12,23H2,1-5H3/b15-8-. The van der Waals surface area contributed by atoms with Crippen LogP contribution in [0.25, 0.3) is 0 Å². The van der Waals surface area contributed by atoms with Crippen molar-refractivity contribution >= 4 is 21.6 Å². The van der Waals surface area contributed by atoms with Gasteiger partial charge in [0.05, 0.1) is 23.0 Å². The van der Waals surface area contributed by atoms with E-state index in [-0.39, 0.29) is 23.0 Å². The number of nitrogens with zero attached hydrogens (tertiary/aromatic N) is 4. The lowest BCUT2D eigenvalue weighted by Gasteiger charge is -2.21. The van der Waals surface area contributed by atoms with Crippen LogP contribution in [0.4, 0.5) is 4.39 Å². The third kappa shape index (κ3) is 5.71. The summed E-state index contributed by atoms with van der Waals surface area (Å²) >= 11 is 6.27. The summed E-state index contributed by atoms with van der Waals surface area (Å²) in [5.74, 6) is -0.454. The van der Waals surface area contributed by atoms with Crippen molar-refractivity contribution < 1.29 is 17.9 Å². The first-order valence-electron chi connectivity index (χ1n) is 9.56. The molecule has 3 N–H and O–H groups in total. The Morgan fingerprint density at radius 3 is 2.52 bits per heavy atom. The van der Waals surface area contributed by atoms with Gasteiger partial charge in [-0.05, 0) is 44.8 Å². The number of hydrogen-bond acceptors (Lipinski definition) is 6. The Labute approximate surface area is 187 Å². The molecule has 1 atom stereocenters. The third-order valence-electron chi connectivity index (χ3n) is 4.80. The molecule has 31 heavy (non-hydrogen) atoms. The van der Waals surface area contributed by atoms with E-state index in [4.69, 9.17) is 17.3 Å². The van der Waals surface area contributed by atoms with Gasteiger partial charge in [-0.15, -0.1) is 0 Å². The summed E-state index contributed by atoms with van der Waals surface area (Å²) in [7, 11) is 2.60. The van der Waals surface area contributed by atoms with Crippen LogP contribution in [0, 0.1) is 6.92 Å². The van der Waals surface area contributed by atoms with Gasteiger partial charge in [0.1, 0.15) is 17.0 Å². The Hall–Kier alpha value is -1.82. The molecular weight excluding hydrogens is 445 g/mol. The zero-order valence-electron chi connectivity index (χ0n) is 18.3. The molecule has 0 spiro atoms. The lowest BCUT2D eigenvalue weighted by Crippen LogP contribution is -2.24. The van der Waals surface area contributed by atoms with Crippen LogP contribution in [0.2, 0.25) is 5.02 Å². The predicted octanol–water partition coefficient (Wildman–Crippen LogP) is 2.05. The summed E-state index contributed by atoms with van der Waals surface area (Å²) in [6.45, 7) is 1.68. The van der Waals surface area contributed by atoms with Gasteiger partial charge in [0.25, 0.3) is 0 Å². The molecule has 1 aromatic carbocycles. The first kappa shape index (κ1) is 25.4. The zero-order valence-corrected chi connectivity index (χ0v) is 19.9. The summed E-state index contributed by atoms with van der Waals surface area (Å²) in [5, 5.41) is 15.3. The highest BCUT2D eigenvalue weighted by molar-refractivity contribution is 7.89. The second kappa shape index (κ2) is 10.2. The molecule has 0 bridgehead atoms. The lowest BCUT2D eigenvalue weighted by molar-refractivity contribution is 0.0311. The van der Waals surface area contributed by atoms with E-state index in [0.29, 0.717) is 23.4 Å². The minimum absolute atomic E-state index is 0.0119. The molecule has 0 saturated heterocycles. The van der Waals surface area contributed by atoms with Gasteiger partial charge >= 0.3 is 0 Å². The Kier molecular flexibility index (Phi) is 8.37. The third-order valence-corrected chi connectivity index (χ3v) is 7.10. The maximum absolute atomic E-state index is 14.1. The molecule has 0 amide bonds. The SMILES string of the molecule is Cc1nn(C/C(F)=C/CN)c(C(O)N(C)C)c1Cc1ccc(S(=O)(=O)N(C)C)c(Cl)c1. The van der Waals surface area contributed by atoms with E-state index in [9.17, 15) is 17.9 Å². The number of halogens is 2. The van der Waals surface area contributed by atoms with Crippen molar-refractivity contribution in [2.45, 2.75) is 31.0 Å². The summed E-state index contributed by atoms with van der Waals surface area (Å²) in [5.41, 5.74) is 7.89. The van der Waals surface area contributed by atoms with Crippen LogP contribution >= 0.6 is 11.6 Å². The van der Waals surface area contributed by atoms with E-state index < -0.39 is 22.1 Å². The topological polar surface area (TPSA) is 105 Å². The van der Waals surface area contributed by atoms with E-state index in [0.717, 1.165) is 9.87 Å². The normalized spacial score (nSPS) is 14.0. The molecule has 1 unspecified atom stereocenters. The highest BCUT2D eigenvalue weighted by Gasteiger charge is 2.25. The molecule has 8 nitrogen and oxygen atoms in total. The number of allylic oxidation sites excluding steroid dienone is 1. The van der Waals surface area contributed by atoms with E-state index in [1.165, 1.54) is 30.9 Å². The fourth-order valence-electron chi connectivity index (χ4n) is 3.11. The number of benzene rings is 1. The number of aromatic nitrogens is 2. The fraction of sp³-hybridized carbons (Fsp3) is 0.450. The molecule has 11 heteroatoms. The van der Waals surface area contributed by atoms with Crippen LogP contribution in [0.3, 0.4) is 0 Å². The molecule has 2 rings (SSSR count). The highest BCUT2D eigenvalue weighted by atomic mass is 35.5.